The van der Waals surface area contributed by atoms with Gasteiger partial charge in [0, 0.05) is 26.1 Å². The van der Waals surface area contributed by atoms with E-state index < -0.39 is 0 Å². The molecule has 1 saturated heterocycles. The Hall–Kier alpha value is -0.280. The number of rotatable bonds is 2. The molecule has 1 heterocycles. The monoisotopic (exact) mass is 177 g/mol. The standard InChI is InChI=1S/C7H12ClNO2/c1-11-5-6-2-3-9(4-6)7(8)10/h6H,2-5H2,1H3/t6-/m1/s1. The maximum Gasteiger partial charge on any atom is 0.316 e. The number of methoxy groups -OCH3 is 1. The Kier molecular flexibility index (Phi) is 3.15. The maximum absolute atomic E-state index is 10.6. The van der Waals surface area contributed by atoms with Crippen molar-refractivity contribution in [3.05, 3.63) is 0 Å². The lowest BCUT2D eigenvalue weighted by molar-refractivity contribution is 0.155. The molecular formula is C7H12ClNO2. The molecule has 0 unspecified atom stereocenters. The zero-order valence-corrected chi connectivity index (χ0v) is 7.30. The number of likely N-dealkylation sites (tertiary alicyclic amines) is 1. The van der Waals surface area contributed by atoms with E-state index in [1.807, 2.05) is 0 Å². The smallest absolute Gasteiger partial charge is 0.316 e. The molecule has 0 saturated carbocycles. The molecule has 0 bridgehead atoms. The average Bonchev–Trinajstić information content (AvgIpc) is 2.37. The van der Waals surface area contributed by atoms with Crippen molar-refractivity contribution in [1.29, 1.82) is 0 Å². The summed E-state index contributed by atoms with van der Waals surface area (Å²) in [5.74, 6) is 0.475. The number of carbonyl (C=O) groups excluding carboxylic acids is 1. The van der Waals surface area contributed by atoms with Crippen LogP contribution in [0.15, 0.2) is 0 Å². The van der Waals surface area contributed by atoms with Crippen molar-refractivity contribution >= 4 is 17.0 Å². The molecule has 0 N–H and O–H groups in total. The molecule has 1 rings (SSSR count). The highest BCUT2D eigenvalue weighted by atomic mass is 35.5. The molecule has 11 heavy (non-hydrogen) atoms. The fourth-order valence-electron chi connectivity index (χ4n) is 1.36. The number of ether oxygens (including phenoxy) is 1. The molecule has 0 aromatic rings. The first-order valence-corrected chi connectivity index (χ1v) is 4.05. The van der Waals surface area contributed by atoms with Crippen LogP contribution in [0.25, 0.3) is 0 Å². The van der Waals surface area contributed by atoms with Crippen molar-refractivity contribution < 1.29 is 9.53 Å². The largest absolute Gasteiger partial charge is 0.384 e. The van der Waals surface area contributed by atoms with Crippen LogP contribution in [0.2, 0.25) is 0 Å². The van der Waals surface area contributed by atoms with Crippen LogP contribution in [-0.4, -0.2) is 37.1 Å². The Morgan fingerprint density at radius 3 is 3.00 bits per heavy atom. The molecule has 1 amide bonds. The van der Waals surface area contributed by atoms with E-state index in [-0.39, 0.29) is 5.37 Å². The summed E-state index contributed by atoms with van der Waals surface area (Å²) in [6, 6.07) is 0. The van der Waals surface area contributed by atoms with Gasteiger partial charge in [-0.05, 0) is 18.0 Å². The van der Waals surface area contributed by atoms with Gasteiger partial charge in [-0.25, -0.2) is 0 Å². The molecule has 1 fully saturated rings. The fraction of sp³-hybridized carbons (Fsp3) is 0.857. The Morgan fingerprint density at radius 1 is 1.82 bits per heavy atom. The first-order valence-electron chi connectivity index (χ1n) is 3.67. The summed E-state index contributed by atoms with van der Waals surface area (Å²) in [4.78, 5) is 12.3. The second-order valence-electron chi connectivity index (χ2n) is 2.81. The second-order valence-corrected chi connectivity index (χ2v) is 3.13. The Morgan fingerprint density at radius 2 is 2.55 bits per heavy atom. The Labute approximate surface area is 71.3 Å². The Balaban J connectivity index is 2.29. The van der Waals surface area contributed by atoms with Gasteiger partial charge < -0.3 is 9.64 Å². The lowest BCUT2D eigenvalue weighted by atomic mass is 10.1. The van der Waals surface area contributed by atoms with Gasteiger partial charge in [-0.1, -0.05) is 0 Å². The van der Waals surface area contributed by atoms with E-state index in [1.54, 1.807) is 12.0 Å². The topological polar surface area (TPSA) is 29.5 Å². The minimum absolute atomic E-state index is 0.344. The van der Waals surface area contributed by atoms with Gasteiger partial charge in [0.15, 0.2) is 0 Å². The number of hydrogen-bond donors (Lipinski definition) is 0. The first-order chi connectivity index (χ1) is 5.24. The molecule has 64 valence electrons. The summed E-state index contributed by atoms with van der Waals surface area (Å²) in [5, 5.41) is -0.344. The second kappa shape index (κ2) is 3.93. The van der Waals surface area contributed by atoms with Crippen molar-refractivity contribution in [2.45, 2.75) is 6.42 Å². The summed E-state index contributed by atoms with van der Waals surface area (Å²) in [6.07, 6.45) is 1.01. The van der Waals surface area contributed by atoms with Crippen molar-refractivity contribution in [1.82, 2.24) is 4.90 Å². The lowest BCUT2D eigenvalue weighted by Crippen LogP contribution is -2.23. The third-order valence-electron chi connectivity index (χ3n) is 1.94. The number of halogens is 1. The molecule has 0 aromatic carbocycles. The van der Waals surface area contributed by atoms with Gasteiger partial charge in [0.25, 0.3) is 0 Å². The van der Waals surface area contributed by atoms with Gasteiger partial charge in [0.05, 0.1) is 6.61 Å². The lowest BCUT2D eigenvalue weighted by Gasteiger charge is -2.11. The van der Waals surface area contributed by atoms with Gasteiger partial charge in [-0.15, -0.1) is 0 Å². The minimum Gasteiger partial charge on any atom is -0.384 e. The zero-order valence-electron chi connectivity index (χ0n) is 6.55. The van der Waals surface area contributed by atoms with Gasteiger partial charge in [-0.3, -0.25) is 4.79 Å². The summed E-state index contributed by atoms with van der Waals surface area (Å²) in [6.45, 7) is 2.24. The number of nitrogens with zero attached hydrogens (tertiary/aromatic N) is 1. The number of amides is 1. The highest BCUT2D eigenvalue weighted by molar-refractivity contribution is 6.62. The van der Waals surface area contributed by atoms with E-state index in [9.17, 15) is 4.79 Å². The van der Waals surface area contributed by atoms with Crippen LogP contribution < -0.4 is 0 Å². The van der Waals surface area contributed by atoms with Crippen LogP contribution in [0, 0.1) is 5.92 Å². The van der Waals surface area contributed by atoms with Gasteiger partial charge in [0.2, 0.25) is 0 Å². The first kappa shape index (κ1) is 8.81. The molecule has 0 aliphatic carbocycles. The van der Waals surface area contributed by atoms with Crippen molar-refractivity contribution in [2.24, 2.45) is 5.92 Å². The number of carbonyl (C=O) groups is 1. The van der Waals surface area contributed by atoms with Gasteiger partial charge >= 0.3 is 5.37 Å². The molecule has 1 atom stereocenters. The normalized spacial score (nSPS) is 24.2. The number of hydrogen-bond acceptors (Lipinski definition) is 2. The van der Waals surface area contributed by atoms with Crippen LogP contribution in [0.3, 0.4) is 0 Å². The van der Waals surface area contributed by atoms with Gasteiger partial charge in [0.1, 0.15) is 0 Å². The van der Waals surface area contributed by atoms with Gasteiger partial charge in [-0.2, -0.15) is 0 Å². The molecule has 4 heteroatoms. The predicted octanol–water partition coefficient (Wildman–Crippen LogP) is 1.31. The quantitative estimate of drug-likeness (QED) is 0.470. The molecule has 0 aromatic heterocycles. The SMILES string of the molecule is COC[C@@H]1CCN(C(=O)Cl)C1. The average molecular weight is 178 g/mol. The van der Waals surface area contributed by atoms with E-state index in [0.29, 0.717) is 5.92 Å². The molecule has 3 nitrogen and oxygen atoms in total. The predicted molar refractivity (Wildman–Crippen MR) is 42.8 cm³/mol. The van der Waals surface area contributed by atoms with E-state index in [0.717, 1.165) is 26.1 Å². The molecule has 1 aliphatic heterocycles. The zero-order chi connectivity index (χ0) is 8.27. The summed E-state index contributed by atoms with van der Waals surface area (Å²) in [5.41, 5.74) is 0. The highest BCUT2D eigenvalue weighted by Gasteiger charge is 2.24. The fourth-order valence-corrected chi connectivity index (χ4v) is 1.52. The third kappa shape index (κ3) is 2.34. The van der Waals surface area contributed by atoms with Crippen LogP contribution in [0.5, 0.6) is 0 Å². The Bertz CT molecular complexity index is 151. The molecule has 1 aliphatic rings. The summed E-state index contributed by atoms with van der Waals surface area (Å²) >= 11 is 5.30. The minimum atomic E-state index is -0.344. The van der Waals surface area contributed by atoms with Crippen molar-refractivity contribution in [2.75, 3.05) is 26.8 Å². The van der Waals surface area contributed by atoms with Crippen LogP contribution >= 0.6 is 11.6 Å². The molecular weight excluding hydrogens is 166 g/mol. The van der Waals surface area contributed by atoms with Crippen LogP contribution in [0.1, 0.15) is 6.42 Å². The highest BCUT2D eigenvalue weighted by Crippen LogP contribution is 2.17. The molecule has 0 spiro atoms. The van der Waals surface area contributed by atoms with Crippen LogP contribution in [-0.2, 0) is 4.74 Å². The van der Waals surface area contributed by atoms with E-state index in [2.05, 4.69) is 0 Å². The van der Waals surface area contributed by atoms with E-state index in [1.165, 1.54) is 0 Å². The van der Waals surface area contributed by atoms with E-state index in [4.69, 9.17) is 16.3 Å². The van der Waals surface area contributed by atoms with E-state index >= 15 is 0 Å². The maximum atomic E-state index is 10.6. The van der Waals surface area contributed by atoms with Crippen molar-refractivity contribution in [3.63, 3.8) is 0 Å². The summed E-state index contributed by atoms with van der Waals surface area (Å²) < 4.78 is 4.97. The molecule has 0 radical (unpaired) electrons. The summed E-state index contributed by atoms with van der Waals surface area (Å²) in [7, 11) is 1.67. The third-order valence-corrected chi connectivity index (χ3v) is 2.18. The van der Waals surface area contributed by atoms with Crippen LogP contribution in [0.4, 0.5) is 4.79 Å². The van der Waals surface area contributed by atoms with Crippen molar-refractivity contribution in [3.8, 4) is 0 Å².